The lowest BCUT2D eigenvalue weighted by Gasteiger charge is -2.47. The molecule has 440 valence electrons. The molecule has 6 aliphatic heterocycles. The van der Waals surface area contributed by atoms with Crippen LogP contribution in [0.5, 0.6) is 0 Å². The van der Waals surface area contributed by atoms with Gasteiger partial charge in [0.2, 0.25) is 0 Å². The third-order valence-corrected chi connectivity index (χ3v) is 13.8. The van der Waals surface area contributed by atoms with Crippen LogP contribution in [0.25, 0.3) is 0 Å². The van der Waals surface area contributed by atoms with E-state index >= 15 is 0 Å². The van der Waals surface area contributed by atoms with Crippen molar-refractivity contribution in [1.29, 1.82) is 0 Å². The molecule has 6 saturated heterocycles. The molecule has 18 atom stereocenters. The molecular weight excluding hydrogens is 1050 g/mol. The van der Waals surface area contributed by atoms with Gasteiger partial charge in [0, 0.05) is 20.8 Å². The highest BCUT2D eigenvalue weighted by atomic mass is 16.8. The fraction of sp³-hybridized carbons (Fsp3) is 0.809. The van der Waals surface area contributed by atoms with Crippen LogP contribution in [0.2, 0.25) is 0 Å². The number of esters is 6. The summed E-state index contributed by atoms with van der Waals surface area (Å²) < 4.78 is 84.5. The number of fused-ring (bicyclic) bond motifs is 3. The lowest BCUT2D eigenvalue weighted by molar-refractivity contribution is -0.327. The van der Waals surface area contributed by atoms with Crippen molar-refractivity contribution in [2.75, 3.05) is 47.8 Å². The summed E-state index contributed by atoms with van der Waals surface area (Å²) in [5.74, 6) is -14.6. The van der Waals surface area contributed by atoms with Gasteiger partial charge in [-0.1, -0.05) is 39.0 Å². The van der Waals surface area contributed by atoms with Crippen LogP contribution in [0.1, 0.15) is 85.5 Å². The summed E-state index contributed by atoms with van der Waals surface area (Å²) in [6.07, 6.45) is -20.9. The molecule has 6 aliphatic rings. The van der Waals surface area contributed by atoms with E-state index in [1.165, 1.54) is 0 Å². The SMILES string of the molecule is CCCCCCCCO[C@]1(C(=O)OC)C[C@@H]2OC(=O)N[C@H]2[C@H]([C@H](OC(C)=O)[C@H](O)CO[C@]2(C(=O)OC)C[C@@H]3OC(=O)N[C@H]3[C@H]([C@H](OC(C)=O)[C@H](O)CO[C@]3(C(=O)OC)C[C@@H]4OC(=O)N[C@H]4[C@H]([C@H](OC(C)=O)[C@H](O)CO)O3)O2)O1. The molecule has 0 bridgehead atoms. The number of unbranched alkanes of at least 4 members (excludes halogenated alkanes) is 5. The Morgan fingerprint density at radius 2 is 0.846 bits per heavy atom. The fourth-order valence-corrected chi connectivity index (χ4v) is 10.3. The minimum absolute atomic E-state index is 0.0296. The molecule has 0 saturated carbocycles. The minimum atomic E-state index is -2.79. The summed E-state index contributed by atoms with van der Waals surface area (Å²) >= 11 is 0. The Hall–Kier alpha value is -5.77. The highest BCUT2D eigenvalue weighted by molar-refractivity contribution is 5.80. The zero-order valence-corrected chi connectivity index (χ0v) is 43.9. The predicted octanol–water partition coefficient (Wildman–Crippen LogP) is -2.33. The first kappa shape index (κ1) is 61.4. The van der Waals surface area contributed by atoms with Crippen molar-refractivity contribution in [1.82, 2.24) is 16.0 Å². The third-order valence-electron chi connectivity index (χ3n) is 13.8. The van der Waals surface area contributed by atoms with Gasteiger partial charge in [-0.25, -0.2) is 28.8 Å². The summed E-state index contributed by atoms with van der Waals surface area (Å²) in [4.78, 5) is 117. The van der Waals surface area contributed by atoms with Gasteiger partial charge >= 0.3 is 54.1 Å². The Morgan fingerprint density at radius 1 is 0.526 bits per heavy atom. The third kappa shape index (κ3) is 13.8. The molecule has 3 amide bonds. The first-order valence-electron chi connectivity index (χ1n) is 25.3. The molecule has 0 aromatic carbocycles. The second kappa shape index (κ2) is 26.5. The van der Waals surface area contributed by atoms with E-state index in [9.17, 15) is 63.6 Å². The van der Waals surface area contributed by atoms with Crippen LogP contribution >= 0.6 is 0 Å². The van der Waals surface area contributed by atoms with E-state index in [-0.39, 0.29) is 13.0 Å². The second-order valence-corrected chi connectivity index (χ2v) is 19.3. The lowest BCUT2D eigenvalue weighted by Crippen LogP contribution is -2.68. The molecule has 31 nitrogen and oxygen atoms in total. The Labute approximate surface area is 445 Å². The first-order chi connectivity index (χ1) is 37.0. The van der Waals surface area contributed by atoms with Gasteiger partial charge in [0.25, 0.3) is 17.4 Å². The molecule has 0 aromatic rings. The normalized spacial score (nSPS) is 33.1. The number of nitrogens with one attached hydrogen (secondary N) is 3. The maximum absolute atomic E-state index is 14.1. The number of rotatable bonds is 27. The van der Waals surface area contributed by atoms with Crippen molar-refractivity contribution in [3.8, 4) is 0 Å². The molecule has 0 spiro atoms. The van der Waals surface area contributed by atoms with E-state index in [4.69, 9.17) is 71.1 Å². The quantitative estimate of drug-likeness (QED) is 0.0258. The van der Waals surface area contributed by atoms with Crippen LogP contribution in [0, 0.1) is 0 Å². The summed E-state index contributed by atoms with van der Waals surface area (Å²) in [5, 5.41) is 52.1. The van der Waals surface area contributed by atoms with Crippen molar-refractivity contribution in [3.63, 3.8) is 0 Å². The lowest BCUT2D eigenvalue weighted by atomic mass is 9.88. The van der Waals surface area contributed by atoms with E-state index in [0.717, 1.165) is 74.2 Å². The molecule has 0 radical (unpaired) electrons. The highest BCUT2D eigenvalue weighted by Crippen LogP contribution is 2.43. The van der Waals surface area contributed by atoms with Crippen molar-refractivity contribution in [3.05, 3.63) is 0 Å². The first-order valence-corrected chi connectivity index (χ1v) is 25.3. The van der Waals surface area contributed by atoms with Gasteiger partial charge in [-0.15, -0.1) is 0 Å². The molecule has 0 aliphatic carbocycles. The number of methoxy groups -OCH3 is 3. The number of carbonyl (C=O) groups excluding carboxylic acids is 9. The van der Waals surface area contributed by atoms with Crippen LogP contribution in [0.3, 0.4) is 0 Å². The average Bonchev–Trinajstić information content (AvgIpc) is 4.21. The molecule has 78 heavy (non-hydrogen) atoms. The second-order valence-electron chi connectivity index (χ2n) is 19.3. The van der Waals surface area contributed by atoms with Gasteiger partial charge < -0.3 is 107 Å². The zero-order valence-electron chi connectivity index (χ0n) is 43.9. The maximum Gasteiger partial charge on any atom is 0.407 e. The van der Waals surface area contributed by atoms with E-state index < -0.39 is 195 Å². The predicted molar refractivity (Wildman–Crippen MR) is 247 cm³/mol. The number of ether oxygens (including phenoxy) is 15. The zero-order chi connectivity index (χ0) is 57.3. The topological polar surface area (TPSA) is 409 Å². The van der Waals surface area contributed by atoms with Crippen LogP contribution in [-0.4, -0.2) is 231 Å². The number of aliphatic hydroxyl groups is 4. The summed E-state index contributed by atoms with van der Waals surface area (Å²) in [5.41, 5.74) is 0. The Morgan fingerprint density at radius 3 is 1.17 bits per heavy atom. The minimum Gasteiger partial charge on any atom is -0.465 e. The monoisotopic (exact) mass is 1120 g/mol. The average molecular weight is 1120 g/mol. The highest BCUT2D eigenvalue weighted by Gasteiger charge is 2.65. The standard InChI is InChI=1S/C47H69N3O28/c1-8-9-10-11-12-13-14-67-45(39(58)64-5)15-27-31(49-43(62)73-27)37(76-45)34(71-22(3)53)25(56)19-69-47(41(60)66-7)17-29-32(50-44(63)75-29)38(78-47)35(72-23(4)54)26(57)20-68-46(40(59)65-6)16-28-30(48-42(61)74-28)36(77-46)33(24(55)18-51)70-21(2)52/h24-38,51,55-57H,8-20H2,1-7H3,(H,48,61)(H,49,62)(H,50,63)/t24-,25-,26-,27+,28+,29+,30-,31-,32-,33-,34-,35-,36-,37-,38-,45-,46-,47-/m1/s1. The van der Waals surface area contributed by atoms with Crippen molar-refractivity contribution in [2.24, 2.45) is 0 Å². The molecule has 6 fully saturated rings. The Balaban J connectivity index is 1.29. The number of hydrogen-bond donors (Lipinski definition) is 7. The number of alkyl carbamates (subject to hydrolysis) is 3. The molecular formula is C47H69N3O28. The smallest absolute Gasteiger partial charge is 0.407 e. The van der Waals surface area contributed by atoms with Gasteiger partial charge in [-0.05, 0) is 6.42 Å². The summed E-state index contributed by atoms with van der Waals surface area (Å²) in [6, 6.07) is -3.87. The number of aliphatic hydroxyl groups excluding tert-OH is 4. The fourth-order valence-electron chi connectivity index (χ4n) is 10.3. The molecule has 7 N–H and O–H groups in total. The number of carbonyl (C=O) groups is 9. The van der Waals surface area contributed by atoms with Crippen LogP contribution in [-0.2, 0) is 99.8 Å². The van der Waals surface area contributed by atoms with Gasteiger partial charge in [-0.2, -0.15) is 0 Å². The van der Waals surface area contributed by atoms with Crippen molar-refractivity contribution in [2.45, 2.75) is 194 Å². The molecule has 6 heterocycles. The van der Waals surface area contributed by atoms with E-state index in [2.05, 4.69) is 22.9 Å². The number of amides is 3. The molecule has 31 heteroatoms. The summed E-state index contributed by atoms with van der Waals surface area (Å²) in [7, 11) is 2.89. The molecule has 6 rings (SSSR count). The van der Waals surface area contributed by atoms with Gasteiger partial charge in [0.05, 0.1) is 85.1 Å². The largest absolute Gasteiger partial charge is 0.465 e. The van der Waals surface area contributed by atoms with Crippen LogP contribution in [0.15, 0.2) is 0 Å². The molecule has 0 aromatic heterocycles. The number of hydrogen-bond acceptors (Lipinski definition) is 28. The van der Waals surface area contributed by atoms with Gasteiger partial charge in [0.1, 0.15) is 54.9 Å². The van der Waals surface area contributed by atoms with Gasteiger partial charge in [-0.3, -0.25) is 14.4 Å². The van der Waals surface area contributed by atoms with Crippen LogP contribution in [0.4, 0.5) is 14.4 Å². The van der Waals surface area contributed by atoms with E-state index in [1.54, 1.807) is 0 Å². The van der Waals surface area contributed by atoms with Gasteiger partial charge in [0.15, 0.2) is 18.3 Å². The summed E-state index contributed by atoms with van der Waals surface area (Å²) in [6.45, 7) is 1.71. The molecule has 0 unspecified atom stereocenters. The van der Waals surface area contributed by atoms with Crippen LogP contribution < -0.4 is 16.0 Å². The Bertz CT molecular complexity index is 2190. The van der Waals surface area contributed by atoms with E-state index in [0.29, 0.717) is 6.42 Å². The van der Waals surface area contributed by atoms with Crippen molar-refractivity contribution < 1.29 is 135 Å². The van der Waals surface area contributed by atoms with Crippen molar-refractivity contribution >= 4 is 54.1 Å². The maximum atomic E-state index is 14.1. The van der Waals surface area contributed by atoms with E-state index in [1.807, 2.05) is 0 Å². The Kier molecular flexibility index (Phi) is 20.8.